The maximum Gasteiger partial charge on any atom is 0.128 e. The highest BCUT2D eigenvalue weighted by Crippen LogP contribution is 2.25. The van der Waals surface area contributed by atoms with Gasteiger partial charge in [-0.2, -0.15) is 0 Å². The predicted molar refractivity (Wildman–Crippen MR) is 88.3 cm³/mol. The normalized spacial score (nSPS) is 10.4. The molecule has 2 aromatic carbocycles. The highest BCUT2D eigenvalue weighted by Gasteiger charge is 2.05. The summed E-state index contributed by atoms with van der Waals surface area (Å²) in [4.78, 5) is 0. The van der Waals surface area contributed by atoms with Gasteiger partial charge in [-0.05, 0) is 74.9 Å². The van der Waals surface area contributed by atoms with E-state index in [1.54, 1.807) is 12.1 Å². The monoisotopic (exact) mass is 483 g/mol. The quantitative estimate of drug-likeness (QED) is 0.562. The van der Waals surface area contributed by atoms with Gasteiger partial charge < -0.3 is 5.32 Å². The van der Waals surface area contributed by atoms with Gasteiger partial charge in [-0.1, -0.05) is 15.9 Å². The smallest absolute Gasteiger partial charge is 0.128 e. The van der Waals surface area contributed by atoms with E-state index in [2.05, 4.69) is 59.8 Å². The molecule has 0 aliphatic heterocycles. The Balaban J connectivity index is 2.16. The molecule has 5 heteroatoms. The van der Waals surface area contributed by atoms with Crippen molar-refractivity contribution in [3.05, 3.63) is 60.3 Å². The summed E-state index contributed by atoms with van der Waals surface area (Å²) in [5.41, 5.74) is 1.59. The molecule has 0 bridgehead atoms. The van der Waals surface area contributed by atoms with E-state index in [1.165, 1.54) is 6.07 Å². The standard InChI is InChI=1S/C13H9Br2FIN/c14-9-1-4-12(16)8(5-9)7-18-13-6-10(17)2-3-11(13)15/h1-6,18H,7H2. The molecule has 94 valence electrons. The van der Waals surface area contributed by atoms with Gasteiger partial charge in [0, 0.05) is 30.3 Å². The Labute approximate surface area is 136 Å². The molecular weight excluding hydrogens is 476 g/mol. The zero-order chi connectivity index (χ0) is 13.1. The van der Waals surface area contributed by atoms with Crippen molar-refractivity contribution >= 4 is 60.1 Å². The van der Waals surface area contributed by atoms with Gasteiger partial charge in [0.1, 0.15) is 5.82 Å². The first-order valence-corrected chi connectivity index (χ1v) is 7.85. The predicted octanol–water partition coefficient (Wildman–Crippen LogP) is 5.57. The van der Waals surface area contributed by atoms with Crippen LogP contribution in [0.25, 0.3) is 0 Å². The fourth-order valence-electron chi connectivity index (χ4n) is 1.50. The van der Waals surface area contributed by atoms with E-state index >= 15 is 0 Å². The number of nitrogens with one attached hydrogen (secondary N) is 1. The van der Waals surface area contributed by atoms with E-state index in [0.717, 1.165) is 18.2 Å². The Bertz CT molecular complexity index is 523. The summed E-state index contributed by atoms with van der Waals surface area (Å²) in [6.07, 6.45) is 0. The zero-order valence-corrected chi connectivity index (χ0v) is 14.5. The van der Waals surface area contributed by atoms with Crippen LogP contribution in [0.3, 0.4) is 0 Å². The molecule has 0 saturated heterocycles. The van der Waals surface area contributed by atoms with Gasteiger partial charge in [-0.25, -0.2) is 4.39 Å². The van der Waals surface area contributed by atoms with Crippen LogP contribution < -0.4 is 5.32 Å². The van der Waals surface area contributed by atoms with Gasteiger partial charge >= 0.3 is 0 Å². The van der Waals surface area contributed by atoms with Crippen molar-refractivity contribution in [2.75, 3.05) is 5.32 Å². The van der Waals surface area contributed by atoms with E-state index in [1.807, 2.05) is 18.2 Å². The molecule has 0 amide bonds. The lowest BCUT2D eigenvalue weighted by molar-refractivity contribution is 0.612. The van der Waals surface area contributed by atoms with Crippen molar-refractivity contribution in [2.24, 2.45) is 0 Å². The first-order valence-electron chi connectivity index (χ1n) is 5.19. The third kappa shape index (κ3) is 3.68. The number of halogens is 4. The topological polar surface area (TPSA) is 12.0 Å². The van der Waals surface area contributed by atoms with Crippen LogP contribution in [0.15, 0.2) is 45.3 Å². The third-order valence-corrected chi connectivity index (χ3v) is 4.26. The molecule has 0 fully saturated rings. The van der Waals surface area contributed by atoms with Crippen molar-refractivity contribution < 1.29 is 4.39 Å². The van der Waals surface area contributed by atoms with Crippen LogP contribution in [0.5, 0.6) is 0 Å². The molecule has 0 aliphatic carbocycles. The molecule has 0 aliphatic rings. The summed E-state index contributed by atoms with van der Waals surface area (Å²) >= 11 is 9.06. The minimum atomic E-state index is -0.201. The van der Waals surface area contributed by atoms with Crippen LogP contribution in [-0.2, 0) is 6.54 Å². The Morgan fingerprint density at radius 1 is 1.11 bits per heavy atom. The molecule has 0 aromatic heterocycles. The Kier molecular flexibility index (Phi) is 5.03. The fourth-order valence-corrected chi connectivity index (χ4v) is 2.79. The number of hydrogen-bond acceptors (Lipinski definition) is 1. The van der Waals surface area contributed by atoms with E-state index in [4.69, 9.17) is 0 Å². The van der Waals surface area contributed by atoms with Gasteiger partial charge in [0.05, 0.1) is 0 Å². The maximum absolute atomic E-state index is 13.6. The van der Waals surface area contributed by atoms with E-state index in [9.17, 15) is 4.39 Å². The SMILES string of the molecule is Fc1ccc(Br)cc1CNc1cc(I)ccc1Br. The molecule has 2 rings (SSSR count). The van der Waals surface area contributed by atoms with Crippen LogP contribution in [0.2, 0.25) is 0 Å². The highest BCUT2D eigenvalue weighted by atomic mass is 127. The van der Waals surface area contributed by atoms with Gasteiger partial charge in [0.25, 0.3) is 0 Å². The summed E-state index contributed by atoms with van der Waals surface area (Å²) < 4.78 is 16.6. The average molecular weight is 485 g/mol. The molecule has 0 unspecified atom stereocenters. The van der Waals surface area contributed by atoms with Crippen LogP contribution >= 0.6 is 54.5 Å². The average Bonchev–Trinajstić information content (AvgIpc) is 2.34. The maximum atomic E-state index is 13.6. The van der Waals surface area contributed by atoms with Gasteiger partial charge in [0.15, 0.2) is 0 Å². The fraction of sp³-hybridized carbons (Fsp3) is 0.0769. The minimum Gasteiger partial charge on any atom is -0.380 e. The van der Waals surface area contributed by atoms with Crippen molar-refractivity contribution in [3.63, 3.8) is 0 Å². The van der Waals surface area contributed by atoms with Gasteiger partial charge in [0.2, 0.25) is 0 Å². The molecule has 0 spiro atoms. The second-order valence-corrected chi connectivity index (χ2v) is 6.73. The lowest BCUT2D eigenvalue weighted by Gasteiger charge is -2.10. The first-order chi connectivity index (χ1) is 8.56. The summed E-state index contributed by atoms with van der Waals surface area (Å²) in [5, 5.41) is 3.23. The molecule has 18 heavy (non-hydrogen) atoms. The number of benzene rings is 2. The van der Waals surface area contributed by atoms with Crippen molar-refractivity contribution in [1.29, 1.82) is 0 Å². The third-order valence-electron chi connectivity index (χ3n) is 2.41. The van der Waals surface area contributed by atoms with Crippen LogP contribution in [0.4, 0.5) is 10.1 Å². The minimum absolute atomic E-state index is 0.201. The van der Waals surface area contributed by atoms with Gasteiger partial charge in [-0.15, -0.1) is 0 Å². The molecule has 1 nitrogen and oxygen atoms in total. The van der Waals surface area contributed by atoms with Crippen molar-refractivity contribution in [2.45, 2.75) is 6.54 Å². The van der Waals surface area contributed by atoms with Crippen LogP contribution in [-0.4, -0.2) is 0 Å². The number of anilines is 1. The molecule has 0 radical (unpaired) electrons. The molecule has 0 saturated carbocycles. The van der Waals surface area contributed by atoms with Crippen molar-refractivity contribution in [3.8, 4) is 0 Å². The highest BCUT2D eigenvalue weighted by molar-refractivity contribution is 14.1. The summed E-state index contributed by atoms with van der Waals surface area (Å²) in [6, 6.07) is 10.9. The summed E-state index contributed by atoms with van der Waals surface area (Å²) in [6.45, 7) is 0.448. The van der Waals surface area contributed by atoms with Gasteiger partial charge in [-0.3, -0.25) is 0 Å². The second kappa shape index (κ2) is 6.34. The molecule has 1 N–H and O–H groups in total. The zero-order valence-electron chi connectivity index (χ0n) is 9.18. The Morgan fingerprint density at radius 2 is 1.89 bits per heavy atom. The first kappa shape index (κ1) is 14.3. The Hall–Kier alpha value is -0.140. The second-order valence-electron chi connectivity index (χ2n) is 3.71. The van der Waals surface area contributed by atoms with E-state index < -0.39 is 0 Å². The molecule has 0 heterocycles. The largest absolute Gasteiger partial charge is 0.380 e. The summed E-state index contributed by atoms with van der Waals surface area (Å²) in [7, 11) is 0. The Morgan fingerprint density at radius 3 is 2.67 bits per heavy atom. The van der Waals surface area contributed by atoms with Crippen LogP contribution in [0, 0.1) is 9.39 Å². The number of hydrogen-bond donors (Lipinski definition) is 1. The lowest BCUT2D eigenvalue weighted by atomic mass is 10.2. The van der Waals surface area contributed by atoms with E-state index in [-0.39, 0.29) is 5.82 Å². The summed E-state index contributed by atoms with van der Waals surface area (Å²) in [5.74, 6) is -0.201. The molecular formula is C13H9Br2FIN. The van der Waals surface area contributed by atoms with E-state index in [0.29, 0.717) is 12.1 Å². The molecule has 2 aromatic rings. The molecule has 0 atom stereocenters. The van der Waals surface area contributed by atoms with Crippen molar-refractivity contribution in [1.82, 2.24) is 0 Å². The van der Waals surface area contributed by atoms with Crippen LogP contribution in [0.1, 0.15) is 5.56 Å². The lowest BCUT2D eigenvalue weighted by Crippen LogP contribution is -2.02. The number of rotatable bonds is 3.